The van der Waals surface area contributed by atoms with Gasteiger partial charge in [-0.15, -0.1) is 0 Å². The maximum absolute atomic E-state index is 11.7. The number of H-pyrrole nitrogens is 1. The van der Waals surface area contributed by atoms with Crippen molar-refractivity contribution in [1.82, 2.24) is 25.1 Å². The number of aryl methyl sites for hydroxylation is 2. The molecule has 1 aliphatic heterocycles. The van der Waals surface area contributed by atoms with Crippen LogP contribution >= 0.6 is 0 Å². The number of hydrogen-bond acceptors (Lipinski definition) is 7. The Morgan fingerprint density at radius 1 is 1.16 bits per heavy atom. The van der Waals surface area contributed by atoms with Crippen molar-refractivity contribution in [3.63, 3.8) is 0 Å². The molecule has 0 saturated heterocycles. The number of aromatic amines is 1. The van der Waals surface area contributed by atoms with Gasteiger partial charge in [-0.3, -0.25) is 5.10 Å². The molecule has 0 radical (unpaired) electrons. The number of fused-ring (bicyclic) bond motifs is 2. The second-order valence-electron chi connectivity index (χ2n) is 8.04. The summed E-state index contributed by atoms with van der Waals surface area (Å²) in [6.45, 7) is 1.01. The predicted octanol–water partition coefficient (Wildman–Crippen LogP) is 3.55. The number of hydrogen-bond donors (Lipinski definition) is 4. The Balaban J connectivity index is 1.16. The van der Waals surface area contributed by atoms with Crippen LogP contribution in [-0.4, -0.2) is 48.8 Å². The monoisotopic (exact) mass is 423 g/mol. The Morgan fingerprint density at radius 2 is 2.03 bits per heavy atom. The summed E-state index contributed by atoms with van der Waals surface area (Å²) in [5.74, 6) is 0.688. The molecule has 0 saturated carbocycles. The maximum atomic E-state index is 11.7. The lowest BCUT2D eigenvalue weighted by Crippen LogP contribution is -2.29. The van der Waals surface area contributed by atoms with Gasteiger partial charge in [0.15, 0.2) is 5.65 Å². The first-order valence-electron chi connectivity index (χ1n) is 11.1. The predicted molar refractivity (Wildman–Crippen MR) is 119 cm³/mol. The van der Waals surface area contributed by atoms with E-state index in [1.165, 1.54) is 18.3 Å². The maximum Gasteiger partial charge on any atom is 0.326 e. The number of rotatable bonds is 11. The molecule has 0 aromatic carbocycles. The number of carboxylic acids is 1. The summed E-state index contributed by atoms with van der Waals surface area (Å²) in [6, 6.07) is 3.68. The molecule has 0 fully saturated rings. The fourth-order valence-electron chi connectivity index (χ4n) is 4.00. The highest BCUT2D eigenvalue weighted by molar-refractivity contribution is 5.88. The molecule has 31 heavy (non-hydrogen) atoms. The molecule has 0 amide bonds. The number of nitrogens with zero attached hydrogens (tertiary/aromatic N) is 4. The van der Waals surface area contributed by atoms with Crippen LogP contribution < -0.4 is 10.6 Å². The molecule has 0 unspecified atom stereocenters. The zero-order valence-electron chi connectivity index (χ0n) is 17.6. The van der Waals surface area contributed by atoms with Crippen molar-refractivity contribution in [2.75, 3.05) is 17.2 Å². The van der Waals surface area contributed by atoms with E-state index in [0.717, 1.165) is 63.0 Å². The first-order chi connectivity index (χ1) is 15.2. The van der Waals surface area contributed by atoms with Crippen LogP contribution in [0.1, 0.15) is 56.2 Å². The van der Waals surface area contributed by atoms with Crippen LogP contribution in [0.3, 0.4) is 0 Å². The number of unbranched alkanes of at least 4 members (excludes halogenated alkanes) is 4. The van der Waals surface area contributed by atoms with Gasteiger partial charge in [0.25, 0.3) is 0 Å². The van der Waals surface area contributed by atoms with Crippen LogP contribution in [0.5, 0.6) is 0 Å². The topological polar surface area (TPSA) is 129 Å². The molecule has 1 aliphatic rings. The zero-order chi connectivity index (χ0) is 21.5. The van der Waals surface area contributed by atoms with E-state index in [2.05, 4.69) is 42.9 Å². The van der Waals surface area contributed by atoms with Crippen molar-refractivity contribution in [2.24, 2.45) is 0 Å². The average Bonchev–Trinajstić information content (AvgIpc) is 3.27. The highest BCUT2D eigenvalue weighted by atomic mass is 16.4. The van der Waals surface area contributed by atoms with Crippen molar-refractivity contribution < 1.29 is 9.90 Å². The number of carbonyl (C=O) groups is 1. The van der Waals surface area contributed by atoms with Gasteiger partial charge in [-0.1, -0.05) is 31.7 Å². The molecular weight excluding hydrogens is 394 g/mol. The second-order valence-corrected chi connectivity index (χ2v) is 8.04. The average molecular weight is 424 g/mol. The quantitative estimate of drug-likeness (QED) is 0.345. The van der Waals surface area contributed by atoms with Gasteiger partial charge in [-0.05, 0) is 43.7 Å². The molecule has 9 heteroatoms. The van der Waals surface area contributed by atoms with Gasteiger partial charge >= 0.3 is 5.97 Å². The van der Waals surface area contributed by atoms with E-state index >= 15 is 0 Å². The summed E-state index contributed by atoms with van der Waals surface area (Å²) in [5, 5.41) is 23.4. The summed E-state index contributed by atoms with van der Waals surface area (Å²) in [7, 11) is 0. The Bertz CT molecular complexity index is 1020. The summed E-state index contributed by atoms with van der Waals surface area (Å²) in [4.78, 5) is 24.7. The summed E-state index contributed by atoms with van der Waals surface area (Å²) < 4.78 is 0. The van der Waals surface area contributed by atoms with Crippen LogP contribution in [0.4, 0.5) is 11.6 Å². The normalized spacial score (nSPS) is 14.1. The lowest BCUT2D eigenvalue weighted by atomic mass is 10.0. The van der Waals surface area contributed by atoms with Crippen molar-refractivity contribution in [3.8, 4) is 0 Å². The summed E-state index contributed by atoms with van der Waals surface area (Å²) in [6.07, 6.45) is 12.0. The Labute approximate surface area is 181 Å². The molecule has 9 nitrogen and oxygen atoms in total. The molecular formula is C22H29N7O2. The lowest BCUT2D eigenvalue weighted by molar-refractivity contribution is -0.138. The zero-order valence-corrected chi connectivity index (χ0v) is 17.6. The Morgan fingerprint density at radius 3 is 2.94 bits per heavy atom. The first-order valence-corrected chi connectivity index (χ1v) is 11.1. The molecule has 3 aromatic rings. The van der Waals surface area contributed by atoms with Gasteiger partial charge in [0.1, 0.15) is 24.0 Å². The van der Waals surface area contributed by atoms with E-state index in [9.17, 15) is 9.90 Å². The molecule has 0 spiro atoms. The fourth-order valence-corrected chi connectivity index (χ4v) is 4.00. The lowest BCUT2D eigenvalue weighted by Gasteiger charge is -2.17. The molecule has 3 aromatic heterocycles. The number of aliphatic carboxylic acids is 1. The van der Waals surface area contributed by atoms with Crippen LogP contribution in [0.25, 0.3) is 11.0 Å². The summed E-state index contributed by atoms with van der Waals surface area (Å²) in [5.41, 5.74) is 3.07. The standard InChI is InChI=1S/C22H29N7O2/c30-22(31)18(28-20-17-13-26-29-21(17)25-14-24-20)9-5-3-1-2-4-8-16-11-10-15-7-6-12-23-19(15)27-16/h10-11,13-14,18H,1-9,12H2,(H,23,27)(H,30,31)(H2,24,25,26,28,29)/t18-/m0/s1. The molecule has 4 heterocycles. The van der Waals surface area contributed by atoms with Crippen LogP contribution in [0.2, 0.25) is 0 Å². The second kappa shape index (κ2) is 10.2. The first kappa shape index (κ1) is 21.0. The molecule has 0 bridgehead atoms. The SMILES string of the molecule is O=C(O)[C@H](CCCCCCCc1ccc2c(n1)NCCC2)Nc1ncnc2[nH]ncc12. The molecule has 0 aliphatic carbocycles. The number of pyridine rings is 1. The number of anilines is 2. The van der Waals surface area contributed by atoms with E-state index in [1.807, 2.05) is 0 Å². The van der Waals surface area contributed by atoms with Crippen molar-refractivity contribution in [3.05, 3.63) is 35.9 Å². The number of aromatic nitrogens is 5. The van der Waals surface area contributed by atoms with E-state index in [0.29, 0.717) is 23.3 Å². The third-order valence-electron chi connectivity index (χ3n) is 5.73. The molecule has 164 valence electrons. The fraction of sp³-hybridized carbons (Fsp3) is 0.500. The van der Waals surface area contributed by atoms with Gasteiger partial charge in [-0.25, -0.2) is 19.7 Å². The van der Waals surface area contributed by atoms with Gasteiger partial charge in [-0.2, -0.15) is 5.10 Å². The molecule has 4 rings (SSSR count). The van der Waals surface area contributed by atoms with E-state index < -0.39 is 12.0 Å². The van der Waals surface area contributed by atoms with Gasteiger partial charge in [0, 0.05) is 12.2 Å². The van der Waals surface area contributed by atoms with E-state index in [4.69, 9.17) is 4.98 Å². The van der Waals surface area contributed by atoms with Gasteiger partial charge in [0.2, 0.25) is 0 Å². The van der Waals surface area contributed by atoms with Crippen LogP contribution in [-0.2, 0) is 17.6 Å². The largest absolute Gasteiger partial charge is 0.480 e. The Hall–Kier alpha value is -3.23. The Kier molecular flexibility index (Phi) is 6.91. The molecule has 1 atom stereocenters. The van der Waals surface area contributed by atoms with Gasteiger partial charge in [0.05, 0.1) is 11.6 Å². The minimum absolute atomic E-state index is 0.498. The highest BCUT2D eigenvalue weighted by Crippen LogP contribution is 2.21. The van der Waals surface area contributed by atoms with Crippen LogP contribution in [0, 0.1) is 0 Å². The summed E-state index contributed by atoms with van der Waals surface area (Å²) >= 11 is 0. The van der Waals surface area contributed by atoms with Gasteiger partial charge < -0.3 is 15.7 Å². The van der Waals surface area contributed by atoms with Crippen molar-refractivity contribution in [1.29, 1.82) is 0 Å². The third kappa shape index (κ3) is 5.48. The number of carboxylic acid groups (broad SMARTS) is 1. The minimum Gasteiger partial charge on any atom is -0.480 e. The van der Waals surface area contributed by atoms with Crippen molar-refractivity contribution >= 4 is 28.6 Å². The van der Waals surface area contributed by atoms with E-state index in [-0.39, 0.29) is 0 Å². The highest BCUT2D eigenvalue weighted by Gasteiger charge is 2.19. The minimum atomic E-state index is -0.873. The number of nitrogens with one attached hydrogen (secondary N) is 3. The smallest absolute Gasteiger partial charge is 0.326 e. The van der Waals surface area contributed by atoms with Crippen molar-refractivity contribution in [2.45, 2.75) is 63.8 Å². The molecule has 4 N–H and O–H groups in total. The van der Waals surface area contributed by atoms with Crippen LogP contribution in [0.15, 0.2) is 24.7 Å². The third-order valence-corrected chi connectivity index (χ3v) is 5.73. The van der Waals surface area contributed by atoms with E-state index in [1.54, 1.807) is 6.20 Å².